The van der Waals surface area contributed by atoms with Gasteiger partial charge in [0, 0.05) is 12.0 Å². The highest BCUT2D eigenvalue weighted by Crippen LogP contribution is 2.41. The van der Waals surface area contributed by atoms with E-state index < -0.39 is 11.5 Å². The standard InChI is InChI=1S/C21H26NO2.BrH/c1-3-22(2)15-14-21(24,18-12-8-5-9-13-18)19(16-22)20(23)17-10-6-4-7-11-17;/h4-13,19,24H,3,14-16H2,1-2H3;1H/q+1;/p-1. The van der Waals surface area contributed by atoms with Crippen molar-refractivity contribution in [3.8, 4) is 0 Å². The second-order valence-corrected chi connectivity index (χ2v) is 7.17. The molecule has 1 aliphatic heterocycles. The van der Waals surface area contributed by atoms with Crippen LogP contribution in [-0.4, -0.2) is 42.1 Å². The van der Waals surface area contributed by atoms with Gasteiger partial charge in [0.15, 0.2) is 5.78 Å². The monoisotopic (exact) mass is 403 g/mol. The maximum absolute atomic E-state index is 13.2. The molecule has 134 valence electrons. The smallest absolute Gasteiger partial charge is 0.174 e. The number of piperidine rings is 1. The fourth-order valence-electron chi connectivity index (χ4n) is 3.76. The number of likely N-dealkylation sites (tertiary alicyclic amines) is 1. The molecule has 0 spiro atoms. The Morgan fingerprint density at radius 3 is 2.24 bits per heavy atom. The molecule has 0 aliphatic carbocycles. The molecule has 4 heteroatoms. The molecule has 2 aromatic carbocycles. The summed E-state index contributed by atoms with van der Waals surface area (Å²) in [6.45, 7) is 4.65. The molecule has 0 aromatic heterocycles. The zero-order chi connectivity index (χ0) is 17.2. The molecule has 2 aromatic rings. The molecule has 1 heterocycles. The molecule has 3 atom stereocenters. The number of carbonyl (C=O) groups is 1. The molecule has 0 radical (unpaired) electrons. The maximum atomic E-state index is 13.2. The lowest BCUT2D eigenvalue weighted by atomic mass is 9.72. The molecule has 1 saturated heterocycles. The molecule has 3 unspecified atom stereocenters. The highest BCUT2D eigenvalue weighted by atomic mass is 79.9. The molecular weight excluding hydrogens is 378 g/mol. The number of benzene rings is 2. The Morgan fingerprint density at radius 1 is 1.12 bits per heavy atom. The summed E-state index contributed by atoms with van der Waals surface area (Å²) in [6.07, 6.45) is 0.602. The van der Waals surface area contributed by atoms with Gasteiger partial charge in [0.2, 0.25) is 0 Å². The van der Waals surface area contributed by atoms with E-state index in [0.29, 0.717) is 18.5 Å². The van der Waals surface area contributed by atoms with Crippen LogP contribution in [0.15, 0.2) is 60.7 Å². The molecule has 1 fully saturated rings. The van der Waals surface area contributed by atoms with Gasteiger partial charge in [-0.1, -0.05) is 60.7 Å². The first-order chi connectivity index (χ1) is 11.5. The lowest BCUT2D eigenvalue weighted by Crippen LogP contribution is -3.00. The van der Waals surface area contributed by atoms with Gasteiger partial charge in [-0.3, -0.25) is 4.79 Å². The predicted octanol–water partition coefficient (Wildman–Crippen LogP) is 0.248. The van der Waals surface area contributed by atoms with Crippen LogP contribution in [0.4, 0.5) is 0 Å². The number of Topliss-reactive ketones (excluding diaryl/α,β-unsaturated/α-hetero) is 1. The van der Waals surface area contributed by atoms with Crippen LogP contribution in [0.25, 0.3) is 0 Å². The Kier molecular flexibility index (Phi) is 6.20. The lowest BCUT2D eigenvalue weighted by molar-refractivity contribution is -0.917. The van der Waals surface area contributed by atoms with Gasteiger partial charge in [0.1, 0.15) is 11.5 Å². The number of aliphatic hydroxyl groups is 1. The SMILES string of the molecule is CC[N+]1(C)CCC(O)(c2ccccc2)C(C(=O)c2ccccc2)C1.[Br-]. The van der Waals surface area contributed by atoms with Crippen molar-refractivity contribution in [2.24, 2.45) is 5.92 Å². The molecule has 3 rings (SSSR count). The quantitative estimate of drug-likeness (QED) is 0.586. The minimum absolute atomic E-state index is 0. The normalized spacial score (nSPS) is 28.8. The minimum atomic E-state index is -1.10. The van der Waals surface area contributed by atoms with Crippen molar-refractivity contribution in [3.05, 3.63) is 71.8 Å². The van der Waals surface area contributed by atoms with Crippen LogP contribution < -0.4 is 17.0 Å². The van der Waals surface area contributed by atoms with Crippen LogP contribution in [0, 0.1) is 5.92 Å². The van der Waals surface area contributed by atoms with Crippen LogP contribution in [0.1, 0.15) is 29.3 Å². The second kappa shape index (κ2) is 7.81. The van der Waals surface area contributed by atoms with E-state index in [2.05, 4.69) is 14.0 Å². The van der Waals surface area contributed by atoms with E-state index in [-0.39, 0.29) is 22.8 Å². The van der Waals surface area contributed by atoms with Crippen molar-refractivity contribution in [3.63, 3.8) is 0 Å². The van der Waals surface area contributed by atoms with Gasteiger partial charge in [0.25, 0.3) is 0 Å². The molecule has 0 saturated carbocycles. The number of hydrogen-bond donors (Lipinski definition) is 1. The molecule has 1 N–H and O–H groups in total. The highest BCUT2D eigenvalue weighted by Gasteiger charge is 2.51. The van der Waals surface area contributed by atoms with Gasteiger partial charge in [-0.25, -0.2) is 0 Å². The van der Waals surface area contributed by atoms with Crippen molar-refractivity contribution < 1.29 is 31.4 Å². The maximum Gasteiger partial charge on any atom is 0.174 e. The van der Waals surface area contributed by atoms with Gasteiger partial charge < -0.3 is 26.6 Å². The third-order valence-corrected chi connectivity index (χ3v) is 5.64. The van der Waals surface area contributed by atoms with Gasteiger partial charge in [-0.05, 0) is 12.5 Å². The zero-order valence-corrected chi connectivity index (χ0v) is 16.4. The number of rotatable bonds is 4. The summed E-state index contributed by atoms with van der Waals surface area (Å²) in [5.41, 5.74) is 0.434. The van der Waals surface area contributed by atoms with Gasteiger partial charge in [0.05, 0.1) is 26.7 Å². The Bertz CT molecular complexity index is 706. The van der Waals surface area contributed by atoms with E-state index in [1.165, 1.54) is 0 Å². The number of hydrogen-bond acceptors (Lipinski definition) is 2. The highest BCUT2D eigenvalue weighted by molar-refractivity contribution is 5.98. The summed E-state index contributed by atoms with van der Waals surface area (Å²) in [7, 11) is 2.18. The van der Waals surface area contributed by atoms with E-state index in [1.807, 2.05) is 60.7 Å². The fourth-order valence-corrected chi connectivity index (χ4v) is 3.76. The largest absolute Gasteiger partial charge is 1.00 e. The van der Waals surface area contributed by atoms with Crippen LogP contribution >= 0.6 is 0 Å². The van der Waals surface area contributed by atoms with Gasteiger partial charge >= 0.3 is 0 Å². The van der Waals surface area contributed by atoms with Crippen molar-refractivity contribution >= 4 is 5.78 Å². The van der Waals surface area contributed by atoms with Crippen LogP contribution in [0.5, 0.6) is 0 Å². The molecule has 0 bridgehead atoms. The third-order valence-electron chi connectivity index (χ3n) is 5.64. The number of quaternary nitrogens is 1. The van der Waals surface area contributed by atoms with Gasteiger partial charge in [-0.15, -0.1) is 0 Å². The molecule has 25 heavy (non-hydrogen) atoms. The number of nitrogens with zero attached hydrogens (tertiary/aromatic N) is 1. The Morgan fingerprint density at radius 2 is 1.68 bits per heavy atom. The van der Waals surface area contributed by atoms with Crippen LogP contribution in [0.2, 0.25) is 0 Å². The van der Waals surface area contributed by atoms with Crippen molar-refractivity contribution in [2.45, 2.75) is 18.9 Å². The average Bonchev–Trinajstić information content (AvgIpc) is 2.65. The van der Waals surface area contributed by atoms with Crippen LogP contribution in [0.3, 0.4) is 0 Å². The molecule has 0 amide bonds. The first-order valence-electron chi connectivity index (χ1n) is 8.69. The summed E-state index contributed by atoms with van der Waals surface area (Å²) in [4.78, 5) is 13.2. The van der Waals surface area contributed by atoms with Crippen molar-refractivity contribution in [2.75, 3.05) is 26.7 Å². The Labute approximate surface area is 160 Å². The van der Waals surface area contributed by atoms with Crippen LogP contribution in [-0.2, 0) is 5.60 Å². The molecule has 1 aliphatic rings. The third kappa shape index (κ3) is 3.86. The molecular formula is C21H26BrNO2. The number of ketones is 1. The summed E-state index contributed by atoms with van der Waals surface area (Å²) in [6, 6.07) is 19.0. The predicted molar refractivity (Wildman–Crippen MR) is 95.7 cm³/mol. The van der Waals surface area contributed by atoms with Crippen molar-refractivity contribution in [1.82, 2.24) is 0 Å². The van der Waals surface area contributed by atoms with E-state index in [1.54, 1.807) is 0 Å². The Hall–Kier alpha value is -1.49. The average molecular weight is 404 g/mol. The lowest BCUT2D eigenvalue weighted by Gasteiger charge is -2.48. The summed E-state index contributed by atoms with van der Waals surface area (Å²) in [5.74, 6) is -0.388. The summed E-state index contributed by atoms with van der Waals surface area (Å²) < 4.78 is 0.818. The Balaban J connectivity index is 0.00000225. The van der Waals surface area contributed by atoms with E-state index >= 15 is 0 Å². The minimum Gasteiger partial charge on any atom is -1.00 e. The first kappa shape index (κ1) is 19.8. The van der Waals surface area contributed by atoms with Crippen molar-refractivity contribution in [1.29, 1.82) is 0 Å². The van der Waals surface area contributed by atoms with Gasteiger partial charge in [-0.2, -0.15) is 0 Å². The molecule has 3 nitrogen and oxygen atoms in total. The van der Waals surface area contributed by atoms with E-state index in [9.17, 15) is 9.90 Å². The van der Waals surface area contributed by atoms with E-state index in [4.69, 9.17) is 0 Å². The topological polar surface area (TPSA) is 37.3 Å². The second-order valence-electron chi connectivity index (χ2n) is 7.17. The zero-order valence-electron chi connectivity index (χ0n) is 14.9. The first-order valence-corrected chi connectivity index (χ1v) is 8.69. The fraction of sp³-hybridized carbons (Fsp3) is 0.381. The summed E-state index contributed by atoms with van der Waals surface area (Å²) >= 11 is 0. The number of carbonyl (C=O) groups excluding carboxylic acids is 1. The van der Waals surface area contributed by atoms with E-state index in [0.717, 1.165) is 23.1 Å². The number of halogens is 1. The summed E-state index contributed by atoms with van der Waals surface area (Å²) in [5, 5.41) is 11.5.